The van der Waals surface area contributed by atoms with Crippen LogP contribution >= 0.6 is 0 Å². The number of piperidine rings is 1. The van der Waals surface area contributed by atoms with Crippen LogP contribution in [0.1, 0.15) is 49.1 Å². The fourth-order valence-corrected chi connectivity index (χ4v) is 5.19. The second kappa shape index (κ2) is 5.64. The van der Waals surface area contributed by atoms with Gasteiger partial charge in [0, 0.05) is 12.1 Å². The number of aryl methyl sites for hydroxylation is 1. The number of hydrogen-bond donors (Lipinski definition) is 3. The van der Waals surface area contributed by atoms with E-state index in [1.807, 2.05) is 6.92 Å². The van der Waals surface area contributed by atoms with E-state index in [2.05, 4.69) is 5.32 Å². The topological polar surface area (TPSA) is 76.1 Å². The summed E-state index contributed by atoms with van der Waals surface area (Å²) >= 11 is 0. The Morgan fingerprint density at radius 3 is 2.88 bits per heavy atom. The van der Waals surface area contributed by atoms with Crippen molar-refractivity contribution in [2.75, 3.05) is 19.6 Å². The standard InChI is InChI=1S/C20H24N2O4/c1-12-11-25-18-15(23)10-13-14-6-5-7-21-19(24)20(14,26-17(13)16(12)18)22-8-3-2-4-9-22/h10-11,14,23H,2-9H2,1H3,(H,21,24)/p+1/t14-,20-/m0/s1. The summed E-state index contributed by atoms with van der Waals surface area (Å²) in [5.74, 6) is 0.799. The maximum absolute atomic E-state index is 13.3. The molecule has 0 saturated carbocycles. The lowest BCUT2D eigenvalue weighted by molar-refractivity contribution is -0.967. The number of hydrogen-bond acceptors (Lipinski definition) is 4. The molecule has 3 aliphatic heterocycles. The summed E-state index contributed by atoms with van der Waals surface area (Å²) in [6.07, 6.45) is 6.87. The van der Waals surface area contributed by atoms with Crippen molar-refractivity contribution in [1.29, 1.82) is 0 Å². The van der Waals surface area contributed by atoms with Crippen LogP contribution in [0.5, 0.6) is 11.5 Å². The minimum absolute atomic E-state index is 0.0121. The molecule has 1 aromatic heterocycles. The number of likely N-dealkylation sites (tertiary alicyclic amines) is 1. The van der Waals surface area contributed by atoms with Crippen LogP contribution in [0.3, 0.4) is 0 Å². The van der Waals surface area contributed by atoms with Gasteiger partial charge in [-0.3, -0.25) is 9.69 Å². The lowest BCUT2D eigenvalue weighted by Crippen LogP contribution is -3.23. The molecule has 0 aliphatic carbocycles. The molecular formula is C20H25N2O4+. The van der Waals surface area contributed by atoms with Crippen LogP contribution in [0.15, 0.2) is 16.7 Å². The van der Waals surface area contributed by atoms with Crippen LogP contribution in [0.4, 0.5) is 0 Å². The Labute approximate surface area is 152 Å². The third-order valence-corrected chi connectivity index (χ3v) is 6.39. The maximum Gasteiger partial charge on any atom is 0.328 e. The average molecular weight is 357 g/mol. The van der Waals surface area contributed by atoms with Gasteiger partial charge in [0.15, 0.2) is 11.3 Å². The Morgan fingerprint density at radius 2 is 2.08 bits per heavy atom. The lowest BCUT2D eigenvalue weighted by Gasteiger charge is -2.39. The van der Waals surface area contributed by atoms with E-state index in [0.717, 1.165) is 61.0 Å². The monoisotopic (exact) mass is 357 g/mol. The molecule has 26 heavy (non-hydrogen) atoms. The van der Waals surface area contributed by atoms with Gasteiger partial charge in [-0.1, -0.05) is 0 Å². The predicted molar refractivity (Wildman–Crippen MR) is 95.5 cm³/mol. The molecule has 5 rings (SSSR count). The van der Waals surface area contributed by atoms with Crippen molar-refractivity contribution in [1.82, 2.24) is 5.32 Å². The Kier molecular flexibility index (Phi) is 3.47. The van der Waals surface area contributed by atoms with E-state index in [-0.39, 0.29) is 17.6 Å². The molecule has 0 spiro atoms. The van der Waals surface area contributed by atoms with Crippen molar-refractivity contribution in [3.05, 3.63) is 23.5 Å². The van der Waals surface area contributed by atoms with Gasteiger partial charge in [0.1, 0.15) is 5.75 Å². The van der Waals surface area contributed by atoms with E-state index in [0.29, 0.717) is 12.1 Å². The van der Waals surface area contributed by atoms with Crippen LogP contribution in [0.25, 0.3) is 11.0 Å². The van der Waals surface area contributed by atoms with Crippen LogP contribution in [0, 0.1) is 6.92 Å². The Morgan fingerprint density at radius 1 is 1.27 bits per heavy atom. The summed E-state index contributed by atoms with van der Waals surface area (Å²) in [4.78, 5) is 14.5. The first kappa shape index (κ1) is 16.0. The molecule has 1 aromatic carbocycles. The zero-order valence-electron chi connectivity index (χ0n) is 15.1. The summed E-state index contributed by atoms with van der Waals surface area (Å²) in [5, 5.41) is 14.4. The van der Waals surface area contributed by atoms with Gasteiger partial charge in [-0.25, -0.2) is 0 Å². The van der Waals surface area contributed by atoms with Crippen LogP contribution in [-0.4, -0.2) is 36.4 Å². The maximum atomic E-state index is 13.3. The van der Waals surface area contributed by atoms with Crippen LogP contribution in [-0.2, 0) is 4.79 Å². The Balaban J connectivity index is 1.74. The second-order valence-corrected chi connectivity index (χ2v) is 7.89. The number of rotatable bonds is 1. The van der Waals surface area contributed by atoms with Crippen molar-refractivity contribution in [2.24, 2.45) is 0 Å². The van der Waals surface area contributed by atoms with Gasteiger partial charge in [-0.2, -0.15) is 0 Å². The number of aromatic hydroxyl groups is 1. The number of phenols is 1. The predicted octanol–water partition coefficient (Wildman–Crippen LogP) is 1.60. The van der Waals surface area contributed by atoms with Crippen molar-refractivity contribution in [3.8, 4) is 11.5 Å². The molecule has 0 unspecified atom stereocenters. The molecule has 2 aromatic rings. The highest BCUT2D eigenvalue weighted by Gasteiger charge is 2.63. The summed E-state index contributed by atoms with van der Waals surface area (Å²) in [7, 11) is 0. The number of carbonyl (C=O) groups excluding carboxylic acids is 1. The smallest absolute Gasteiger partial charge is 0.328 e. The summed E-state index contributed by atoms with van der Waals surface area (Å²) in [6, 6.07) is 1.76. The molecule has 4 heterocycles. The highest BCUT2D eigenvalue weighted by atomic mass is 16.5. The van der Waals surface area contributed by atoms with E-state index in [4.69, 9.17) is 9.15 Å². The summed E-state index contributed by atoms with van der Waals surface area (Å²) in [5.41, 5.74) is 1.40. The summed E-state index contributed by atoms with van der Waals surface area (Å²) < 4.78 is 12.2. The first-order valence-corrected chi connectivity index (χ1v) is 9.69. The SMILES string of the molecule is Cc1coc2c(O)cc3c(c12)O[C@]1([NH+]2CCCCC2)C(=O)NCCC[C@@H]31. The van der Waals surface area contributed by atoms with Gasteiger partial charge >= 0.3 is 11.6 Å². The summed E-state index contributed by atoms with van der Waals surface area (Å²) in [6.45, 7) is 4.51. The average Bonchev–Trinajstić information content (AvgIpc) is 3.14. The molecule has 3 aliphatic rings. The molecule has 2 atom stereocenters. The number of quaternary nitrogens is 1. The molecule has 0 radical (unpaired) electrons. The molecule has 0 bridgehead atoms. The fraction of sp³-hybridized carbons (Fsp3) is 0.550. The zero-order valence-corrected chi connectivity index (χ0v) is 15.1. The number of fused-ring (bicyclic) bond motifs is 5. The number of carbonyl (C=O) groups is 1. The fourth-order valence-electron chi connectivity index (χ4n) is 5.19. The van der Waals surface area contributed by atoms with E-state index < -0.39 is 5.72 Å². The molecule has 6 nitrogen and oxygen atoms in total. The number of ether oxygens (including phenoxy) is 1. The minimum Gasteiger partial charge on any atom is -0.504 e. The van der Waals surface area contributed by atoms with Gasteiger partial charge in [-0.15, -0.1) is 0 Å². The highest BCUT2D eigenvalue weighted by Crippen LogP contribution is 2.52. The van der Waals surface area contributed by atoms with Gasteiger partial charge in [0.2, 0.25) is 0 Å². The van der Waals surface area contributed by atoms with Crippen molar-refractivity contribution in [3.63, 3.8) is 0 Å². The molecule has 2 fully saturated rings. The normalized spacial score (nSPS) is 29.0. The van der Waals surface area contributed by atoms with Gasteiger partial charge in [0.05, 0.1) is 30.7 Å². The van der Waals surface area contributed by atoms with Gasteiger partial charge < -0.3 is 19.6 Å². The Bertz CT molecular complexity index is 884. The van der Waals surface area contributed by atoms with Crippen molar-refractivity contribution < 1.29 is 24.0 Å². The largest absolute Gasteiger partial charge is 0.504 e. The minimum atomic E-state index is -0.927. The molecule has 1 amide bonds. The number of phenolic OH excluding ortho intramolecular Hbond substituents is 1. The van der Waals surface area contributed by atoms with E-state index in [9.17, 15) is 9.90 Å². The lowest BCUT2D eigenvalue weighted by atomic mass is 9.84. The molecule has 3 N–H and O–H groups in total. The zero-order chi connectivity index (χ0) is 17.9. The molecule has 138 valence electrons. The van der Waals surface area contributed by atoms with E-state index in [1.165, 1.54) is 11.3 Å². The number of amides is 1. The third-order valence-electron chi connectivity index (χ3n) is 6.39. The van der Waals surface area contributed by atoms with Crippen molar-refractivity contribution >= 4 is 16.9 Å². The number of benzene rings is 1. The first-order valence-electron chi connectivity index (χ1n) is 9.69. The van der Waals surface area contributed by atoms with Crippen LogP contribution < -0.4 is 15.0 Å². The quantitative estimate of drug-likeness (QED) is 0.725. The molecule has 6 heteroatoms. The third kappa shape index (κ3) is 1.99. The van der Waals surface area contributed by atoms with Crippen molar-refractivity contribution in [2.45, 2.75) is 50.7 Å². The molecular weight excluding hydrogens is 332 g/mol. The number of furan rings is 1. The first-order chi connectivity index (χ1) is 12.6. The number of nitrogens with one attached hydrogen (secondary N) is 2. The molecule has 2 saturated heterocycles. The van der Waals surface area contributed by atoms with E-state index >= 15 is 0 Å². The van der Waals surface area contributed by atoms with Gasteiger partial charge in [-0.05, 0) is 50.7 Å². The Hall–Kier alpha value is -2.21. The van der Waals surface area contributed by atoms with E-state index in [1.54, 1.807) is 12.3 Å². The second-order valence-electron chi connectivity index (χ2n) is 7.89. The van der Waals surface area contributed by atoms with Crippen LogP contribution in [0.2, 0.25) is 0 Å². The van der Waals surface area contributed by atoms with Gasteiger partial charge in [0.25, 0.3) is 0 Å². The highest BCUT2D eigenvalue weighted by molar-refractivity contribution is 5.96.